The van der Waals surface area contributed by atoms with E-state index in [0.717, 1.165) is 5.52 Å². The van der Waals surface area contributed by atoms with Crippen molar-refractivity contribution in [2.45, 2.75) is 6.92 Å². The van der Waals surface area contributed by atoms with E-state index in [0.29, 0.717) is 0 Å². The molecule has 50 valence electrons. The normalized spacial score (nSPS) is 10.5. The smallest absolute Gasteiger partial charge is 0.0894 e. The van der Waals surface area contributed by atoms with E-state index in [2.05, 4.69) is 10.3 Å². The third-order valence-electron chi connectivity index (χ3n) is 1.55. The Balaban J connectivity index is 2.95. The molecule has 2 aromatic heterocycles. The Labute approximate surface area is 58.3 Å². The highest BCUT2D eigenvalue weighted by Gasteiger charge is 1.94. The van der Waals surface area contributed by atoms with Crippen LogP contribution in [0.4, 0.5) is 0 Å². The molecule has 0 spiro atoms. The van der Waals surface area contributed by atoms with E-state index in [1.54, 1.807) is 10.7 Å². The molecule has 0 fully saturated rings. The van der Waals surface area contributed by atoms with Gasteiger partial charge in [-0.3, -0.25) is 0 Å². The zero-order valence-electron chi connectivity index (χ0n) is 5.65. The van der Waals surface area contributed by atoms with E-state index in [1.807, 2.05) is 25.3 Å². The number of aryl methyl sites for hydroxylation is 1. The van der Waals surface area contributed by atoms with Crippen LogP contribution < -0.4 is 0 Å². The molecule has 0 saturated carbocycles. The van der Waals surface area contributed by atoms with Crippen LogP contribution in [-0.2, 0) is 0 Å². The fourth-order valence-corrected chi connectivity index (χ4v) is 0.990. The topological polar surface area (TPSA) is 30.2 Å². The third-order valence-corrected chi connectivity index (χ3v) is 1.55. The minimum atomic E-state index is 1.07. The maximum absolute atomic E-state index is 3.85. The van der Waals surface area contributed by atoms with Gasteiger partial charge in [0.2, 0.25) is 0 Å². The molecule has 0 unspecified atom stereocenters. The highest BCUT2D eigenvalue weighted by atomic mass is 15.4. The van der Waals surface area contributed by atoms with Crippen LogP contribution in [0.15, 0.2) is 24.5 Å². The molecule has 3 nitrogen and oxygen atoms in total. The summed E-state index contributed by atoms with van der Waals surface area (Å²) in [5.41, 5.74) is 2.27. The minimum absolute atomic E-state index is 1.07. The highest BCUT2D eigenvalue weighted by molar-refractivity contribution is 5.50. The van der Waals surface area contributed by atoms with Crippen LogP contribution in [0, 0.1) is 6.92 Å². The van der Waals surface area contributed by atoms with Crippen molar-refractivity contribution >= 4 is 5.52 Å². The fraction of sp³-hybridized carbons (Fsp3) is 0.143. The first-order valence-corrected chi connectivity index (χ1v) is 3.13. The summed E-state index contributed by atoms with van der Waals surface area (Å²) in [6.45, 7) is 2.04. The van der Waals surface area contributed by atoms with E-state index >= 15 is 0 Å². The van der Waals surface area contributed by atoms with Crippen molar-refractivity contribution in [1.82, 2.24) is 14.8 Å². The number of rotatable bonds is 0. The lowest BCUT2D eigenvalue weighted by molar-refractivity contribution is 0.853. The fourth-order valence-electron chi connectivity index (χ4n) is 0.990. The Hall–Kier alpha value is -1.38. The maximum Gasteiger partial charge on any atom is 0.0894 e. The lowest BCUT2D eigenvalue weighted by Gasteiger charge is -1.92. The van der Waals surface area contributed by atoms with E-state index in [1.165, 1.54) is 5.56 Å². The molecule has 0 aliphatic rings. The number of aromatic nitrogens is 3. The summed E-state index contributed by atoms with van der Waals surface area (Å²) in [6.07, 6.45) is 3.64. The predicted octanol–water partition coefficient (Wildman–Crippen LogP) is 1.04. The maximum atomic E-state index is 3.85. The lowest BCUT2D eigenvalue weighted by Crippen LogP contribution is -1.86. The van der Waals surface area contributed by atoms with Gasteiger partial charge in [0.25, 0.3) is 0 Å². The van der Waals surface area contributed by atoms with Gasteiger partial charge in [-0.15, -0.1) is 5.10 Å². The standard InChI is InChI=1S/C7H7N3/c1-6-3-2-4-10-7(6)5-8-9-10/h2-5H,1H3. The molecule has 0 aromatic carbocycles. The first kappa shape index (κ1) is 5.41. The van der Waals surface area contributed by atoms with Gasteiger partial charge in [0.05, 0.1) is 11.7 Å². The molecule has 2 aromatic rings. The third kappa shape index (κ3) is 0.603. The van der Waals surface area contributed by atoms with Crippen LogP contribution in [-0.4, -0.2) is 14.8 Å². The van der Waals surface area contributed by atoms with E-state index < -0.39 is 0 Å². The molecule has 3 heteroatoms. The number of fused-ring (bicyclic) bond motifs is 1. The van der Waals surface area contributed by atoms with Crippen LogP contribution >= 0.6 is 0 Å². The van der Waals surface area contributed by atoms with Gasteiger partial charge in [-0.05, 0) is 18.6 Å². The van der Waals surface area contributed by atoms with E-state index in [-0.39, 0.29) is 0 Å². The van der Waals surface area contributed by atoms with Crippen molar-refractivity contribution in [3.63, 3.8) is 0 Å². The zero-order valence-corrected chi connectivity index (χ0v) is 5.65. The SMILES string of the molecule is Cc1cccn2nncc12. The van der Waals surface area contributed by atoms with Gasteiger partial charge < -0.3 is 0 Å². The molecule has 2 rings (SSSR count). The van der Waals surface area contributed by atoms with Crippen molar-refractivity contribution in [1.29, 1.82) is 0 Å². The van der Waals surface area contributed by atoms with E-state index in [9.17, 15) is 0 Å². The Morgan fingerprint density at radius 3 is 3.20 bits per heavy atom. The number of hydrogen-bond donors (Lipinski definition) is 0. The molecule has 0 amide bonds. The average molecular weight is 133 g/mol. The molecule has 0 N–H and O–H groups in total. The molecule has 0 saturated heterocycles. The molecule has 0 atom stereocenters. The van der Waals surface area contributed by atoms with Crippen LogP contribution in [0.2, 0.25) is 0 Å². The summed E-state index contributed by atoms with van der Waals surface area (Å²) in [6, 6.07) is 4.00. The van der Waals surface area contributed by atoms with Crippen LogP contribution in [0.25, 0.3) is 5.52 Å². The van der Waals surface area contributed by atoms with Crippen molar-refractivity contribution in [3.05, 3.63) is 30.1 Å². The Morgan fingerprint density at radius 2 is 2.40 bits per heavy atom. The Bertz CT molecular complexity index is 350. The quantitative estimate of drug-likeness (QED) is 0.537. The Kier molecular flexibility index (Phi) is 0.974. The molecule has 2 heterocycles. The van der Waals surface area contributed by atoms with Crippen molar-refractivity contribution in [2.24, 2.45) is 0 Å². The minimum Gasteiger partial charge on any atom is -0.220 e. The second-order valence-electron chi connectivity index (χ2n) is 2.26. The molecule has 0 aliphatic heterocycles. The molecule has 10 heavy (non-hydrogen) atoms. The predicted molar refractivity (Wildman–Crippen MR) is 37.7 cm³/mol. The Morgan fingerprint density at radius 1 is 1.50 bits per heavy atom. The van der Waals surface area contributed by atoms with Gasteiger partial charge in [-0.1, -0.05) is 11.3 Å². The van der Waals surface area contributed by atoms with Gasteiger partial charge in [-0.25, -0.2) is 4.52 Å². The summed E-state index contributed by atoms with van der Waals surface area (Å²) in [5, 5.41) is 7.62. The van der Waals surface area contributed by atoms with Crippen LogP contribution in [0.3, 0.4) is 0 Å². The van der Waals surface area contributed by atoms with Crippen molar-refractivity contribution in [2.75, 3.05) is 0 Å². The van der Waals surface area contributed by atoms with Gasteiger partial charge in [0.15, 0.2) is 0 Å². The van der Waals surface area contributed by atoms with Crippen LogP contribution in [0.5, 0.6) is 0 Å². The number of hydrogen-bond acceptors (Lipinski definition) is 2. The van der Waals surface area contributed by atoms with Crippen molar-refractivity contribution in [3.8, 4) is 0 Å². The summed E-state index contributed by atoms with van der Waals surface area (Å²) in [7, 11) is 0. The molecule has 0 radical (unpaired) electrons. The molecule has 0 bridgehead atoms. The van der Waals surface area contributed by atoms with Gasteiger partial charge >= 0.3 is 0 Å². The molecule has 0 aliphatic carbocycles. The molecular weight excluding hydrogens is 126 g/mol. The molecular formula is C7H7N3. The summed E-state index contributed by atoms with van der Waals surface area (Å²) >= 11 is 0. The summed E-state index contributed by atoms with van der Waals surface area (Å²) < 4.78 is 1.76. The van der Waals surface area contributed by atoms with Gasteiger partial charge in [0, 0.05) is 6.20 Å². The van der Waals surface area contributed by atoms with Gasteiger partial charge in [0.1, 0.15) is 0 Å². The lowest BCUT2D eigenvalue weighted by atomic mass is 10.3. The largest absolute Gasteiger partial charge is 0.220 e. The summed E-state index contributed by atoms with van der Waals surface area (Å²) in [4.78, 5) is 0. The highest BCUT2D eigenvalue weighted by Crippen LogP contribution is 2.04. The van der Waals surface area contributed by atoms with E-state index in [4.69, 9.17) is 0 Å². The zero-order chi connectivity index (χ0) is 6.97. The number of pyridine rings is 1. The number of nitrogens with zero attached hydrogens (tertiary/aromatic N) is 3. The van der Waals surface area contributed by atoms with Gasteiger partial charge in [-0.2, -0.15) is 0 Å². The monoisotopic (exact) mass is 133 g/mol. The average Bonchev–Trinajstić information content (AvgIpc) is 2.36. The first-order valence-electron chi connectivity index (χ1n) is 3.13. The first-order chi connectivity index (χ1) is 4.88. The van der Waals surface area contributed by atoms with Crippen LogP contribution in [0.1, 0.15) is 5.56 Å². The van der Waals surface area contributed by atoms with Crippen molar-refractivity contribution < 1.29 is 0 Å². The summed E-state index contributed by atoms with van der Waals surface area (Å²) in [5.74, 6) is 0. The second-order valence-corrected chi connectivity index (χ2v) is 2.26. The second kappa shape index (κ2) is 1.80.